The van der Waals surface area contributed by atoms with Gasteiger partial charge in [-0.15, -0.1) is 35.3 Å². The number of aryl methyl sites for hydroxylation is 1. The van der Waals surface area contributed by atoms with Crippen molar-refractivity contribution in [2.24, 2.45) is 4.99 Å². The fourth-order valence-electron chi connectivity index (χ4n) is 2.36. The second kappa shape index (κ2) is 12.7. The maximum absolute atomic E-state index is 11.0. The Balaban J connectivity index is 0.00000364. The number of hydrogen-bond donors (Lipinski definition) is 3. The molecule has 0 saturated carbocycles. The zero-order chi connectivity index (χ0) is 18.8. The number of halogens is 1. The summed E-state index contributed by atoms with van der Waals surface area (Å²) in [5.74, 6) is 0.743. The zero-order valence-electron chi connectivity index (χ0n) is 16.0. The normalized spacial score (nSPS) is 10.9. The molecule has 0 unspecified atom stereocenters. The molecule has 0 aliphatic carbocycles. The van der Waals surface area contributed by atoms with Crippen LogP contribution in [0.15, 0.2) is 35.5 Å². The van der Waals surface area contributed by atoms with E-state index in [2.05, 4.69) is 39.8 Å². The Morgan fingerprint density at radius 3 is 2.52 bits per heavy atom. The first kappa shape index (κ1) is 23.4. The van der Waals surface area contributed by atoms with Gasteiger partial charge in [0.2, 0.25) is 5.91 Å². The number of benzene rings is 1. The van der Waals surface area contributed by atoms with E-state index in [1.807, 2.05) is 30.5 Å². The second-order valence-electron chi connectivity index (χ2n) is 5.82. The highest BCUT2D eigenvalue weighted by atomic mass is 127. The van der Waals surface area contributed by atoms with Crippen LogP contribution in [0.2, 0.25) is 0 Å². The van der Waals surface area contributed by atoms with Crippen LogP contribution in [0.1, 0.15) is 36.2 Å². The summed E-state index contributed by atoms with van der Waals surface area (Å²) >= 11 is 1.72. The highest BCUT2D eigenvalue weighted by Gasteiger charge is 2.02. The third kappa shape index (κ3) is 8.70. The average molecular weight is 501 g/mol. The van der Waals surface area contributed by atoms with Gasteiger partial charge in [-0.05, 0) is 37.5 Å². The van der Waals surface area contributed by atoms with Crippen LogP contribution in [0.25, 0.3) is 0 Å². The summed E-state index contributed by atoms with van der Waals surface area (Å²) in [5, 5.41) is 10.4. The Morgan fingerprint density at radius 1 is 1.19 bits per heavy atom. The third-order valence-electron chi connectivity index (χ3n) is 3.65. The smallest absolute Gasteiger partial charge is 0.221 e. The monoisotopic (exact) mass is 501 g/mol. The van der Waals surface area contributed by atoms with E-state index in [0.29, 0.717) is 6.54 Å². The number of guanidine groups is 1. The van der Waals surface area contributed by atoms with E-state index in [1.54, 1.807) is 11.3 Å². The molecule has 148 valence electrons. The van der Waals surface area contributed by atoms with Gasteiger partial charge in [-0.3, -0.25) is 4.79 Å². The molecule has 1 aromatic heterocycles. The SMILES string of the molecule is CCNC(=NCc1ncc(CC)s1)NCCc1ccc(NC(C)=O)cc1.I. The van der Waals surface area contributed by atoms with Crippen molar-refractivity contribution < 1.29 is 4.79 Å². The van der Waals surface area contributed by atoms with Crippen molar-refractivity contribution >= 4 is 52.9 Å². The molecule has 2 rings (SSSR count). The number of nitrogens with one attached hydrogen (secondary N) is 3. The van der Waals surface area contributed by atoms with E-state index < -0.39 is 0 Å². The van der Waals surface area contributed by atoms with Gasteiger partial charge < -0.3 is 16.0 Å². The predicted octanol–water partition coefficient (Wildman–Crippen LogP) is 3.58. The van der Waals surface area contributed by atoms with E-state index in [0.717, 1.165) is 42.6 Å². The molecule has 1 amide bonds. The maximum Gasteiger partial charge on any atom is 0.221 e. The molecule has 0 saturated heterocycles. The van der Waals surface area contributed by atoms with Gasteiger partial charge in [0.15, 0.2) is 5.96 Å². The van der Waals surface area contributed by atoms with Gasteiger partial charge in [0.1, 0.15) is 5.01 Å². The summed E-state index contributed by atoms with van der Waals surface area (Å²) in [5.41, 5.74) is 2.02. The molecule has 1 heterocycles. The van der Waals surface area contributed by atoms with Gasteiger partial charge in [0.25, 0.3) is 0 Å². The molecular formula is C19H28IN5OS. The Kier molecular flexibility index (Phi) is 11.0. The zero-order valence-corrected chi connectivity index (χ0v) is 19.2. The minimum Gasteiger partial charge on any atom is -0.357 e. The summed E-state index contributed by atoms with van der Waals surface area (Å²) in [6.45, 7) is 7.88. The summed E-state index contributed by atoms with van der Waals surface area (Å²) in [6, 6.07) is 7.89. The molecule has 0 atom stereocenters. The molecule has 27 heavy (non-hydrogen) atoms. The topological polar surface area (TPSA) is 78.4 Å². The largest absolute Gasteiger partial charge is 0.357 e. The van der Waals surface area contributed by atoms with Crippen molar-refractivity contribution in [2.75, 3.05) is 18.4 Å². The summed E-state index contributed by atoms with van der Waals surface area (Å²) in [4.78, 5) is 21.3. The van der Waals surface area contributed by atoms with Gasteiger partial charge in [-0.25, -0.2) is 9.98 Å². The lowest BCUT2D eigenvalue weighted by atomic mass is 10.1. The lowest BCUT2D eigenvalue weighted by Crippen LogP contribution is -2.38. The Bertz CT molecular complexity index is 730. The maximum atomic E-state index is 11.0. The highest BCUT2D eigenvalue weighted by Crippen LogP contribution is 2.14. The van der Waals surface area contributed by atoms with Crippen LogP contribution < -0.4 is 16.0 Å². The molecular weight excluding hydrogens is 473 g/mol. The first-order valence-corrected chi connectivity index (χ1v) is 9.74. The molecule has 0 aliphatic rings. The molecule has 8 heteroatoms. The lowest BCUT2D eigenvalue weighted by molar-refractivity contribution is -0.114. The number of rotatable bonds is 8. The summed E-state index contributed by atoms with van der Waals surface area (Å²) in [7, 11) is 0. The van der Waals surface area contributed by atoms with Gasteiger partial charge in [-0.1, -0.05) is 19.1 Å². The van der Waals surface area contributed by atoms with Crippen molar-refractivity contribution in [1.82, 2.24) is 15.6 Å². The van der Waals surface area contributed by atoms with Gasteiger partial charge in [-0.2, -0.15) is 0 Å². The number of amides is 1. The number of aromatic nitrogens is 1. The van der Waals surface area contributed by atoms with Crippen LogP contribution in [0, 0.1) is 0 Å². The van der Waals surface area contributed by atoms with Crippen LogP contribution in [-0.2, 0) is 24.2 Å². The highest BCUT2D eigenvalue weighted by molar-refractivity contribution is 14.0. The minimum atomic E-state index is -0.0582. The van der Waals surface area contributed by atoms with E-state index >= 15 is 0 Å². The predicted molar refractivity (Wildman–Crippen MR) is 124 cm³/mol. The summed E-state index contributed by atoms with van der Waals surface area (Å²) in [6.07, 6.45) is 3.82. The van der Waals surface area contributed by atoms with Crippen LogP contribution >= 0.6 is 35.3 Å². The van der Waals surface area contributed by atoms with Crippen molar-refractivity contribution in [3.05, 3.63) is 45.9 Å². The van der Waals surface area contributed by atoms with E-state index in [-0.39, 0.29) is 29.9 Å². The number of nitrogens with zero attached hydrogens (tertiary/aromatic N) is 2. The van der Waals surface area contributed by atoms with Gasteiger partial charge >= 0.3 is 0 Å². The number of hydrogen-bond acceptors (Lipinski definition) is 4. The minimum absolute atomic E-state index is 0. The standard InChI is InChI=1S/C19H27N5OS.HI/c1-4-17-12-22-18(26-17)13-23-19(20-5-2)21-11-10-15-6-8-16(9-7-15)24-14(3)25;/h6-9,12H,4-5,10-11,13H2,1-3H3,(H,24,25)(H2,20,21,23);1H. The Hall–Kier alpha value is -1.68. The van der Waals surface area contributed by atoms with Crippen LogP contribution in [0.4, 0.5) is 5.69 Å². The van der Waals surface area contributed by atoms with Crippen molar-refractivity contribution in [1.29, 1.82) is 0 Å². The fourth-order valence-corrected chi connectivity index (χ4v) is 3.14. The second-order valence-corrected chi connectivity index (χ2v) is 7.02. The van der Waals surface area contributed by atoms with Crippen LogP contribution in [0.3, 0.4) is 0 Å². The molecule has 0 spiro atoms. The molecule has 2 aromatic rings. The molecule has 0 radical (unpaired) electrons. The summed E-state index contributed by atoms with van der Waals surface area (Å²) < 4.78 is 0. The number of thiazole rings is 1. The quantitative estimate of drug-likeness (QED) is 0.294. The van der Waals surface area contributed by atoms with Crippen molar-refractivity contribution in [2.45, 2.75) is 40.2 Å². The Morgan fingerprint density at radius 2 is 1.93 bits per heavy atom. The number of aliphatic imine (C=N–C) groups is 1. The molecule has 0 bridgehead atoms. The molecule has 3 N–H and O–H groups in total. The molecule has 0 fully saturated rings. The van der Waals surface area contributed by atoms with E-state index in [1.165, 1.54) is 17.4 Å². The fraction of sp³-hybridized carbons (Fsp3) is 0.421. The van der Waals surface area contributed by atoms with Gasteiger partial charge in [0, 0.05) is 36.8 Å². The average Bonchev–Trinajstić information content (AvgIpc) is 3.09. The third-order valence-corrected chi connectivity index (χ3v) is 4.77. The number of anilines is 1. The molecule has 0 aliphatic heterocycles. The lowest BCUT2D eigenvalue weighted by Gasteiger charge is -2.11. The van der Waals surface area contributed by atoms with E-state index in [9.17, 15) is 4.79 Å². The molecule has 6 nitrogen and oxygen atoms in total. The van der Waals surface area contributed by atoms with Crippen molar-refractivity contribution in [3.8, 4) is 0 Å². The Labute approximate surface area is 182 Å². The first-order valence-electron chi connectivity index (χ1n) is 8.93. The molecule has 1 aromatic carbocycles. The number of carbonyl (C=O) groups excluding carboxylic acids is 1. The van der Waals surface area contributed by atoms with E-state index in [4.69, 9.17) is 0 Å². The van der Waals surface area contributed by atoms with Crippen LogP contribution in [0.5, 0.6) is 0 Å². The van der Waals surface area contributed by atoms with Crippen LogP contribution in [-0.4, -0.2) is 29.9 Å². The van der Waals surface area contributed by atoms with Gasteiger partial charge in [0.05, 0.1) is 6.54 Å². The first-order chi connectivity index (χ1) is 12.6. The number of carbonyl (C=O) groups is 1. The van der Waals surface area contributed by atoms with Crippen molar-refractivity contribution in [3.63, 3.8) is 0 Å².